The Kier molecular flexibility index (Phi) is 1.99. The molecule has 74 valence electrons. The molecule has 0 amide bonds. The summed E-state index contributed by atoms with van der Waals surface area (Å²) < 4.78 is 0. The van der Waals surface area contributed by atoms with Crippen LogP contribution in [0.3, 0.4) is 0 Å². The molecule has 0 spiro atoms. The summed E-state index contributed by atoms with van der Waals surface area (Å²) in [5, 5.41) is 0.595. The summed E-state index contributed by atoms with van der Waals surface area (Å²) in [6, 6.07) is 4.03. The van der Waals surface area contributed by atoms with Crippen LogP contribution in [0.5, 0.6) is 0 Å². The summed E-state index contributed by atoms with van der Waals surface area (Å²) >= 11 is 5.78. The topological polar surface area (TPSA) is 16.1 Å². The van der Waals surface area contributed by atoms with Crippen LogP contribution in [0.4, 0.5) is 0 Å². The summed E-state index contributed by atoms with van der Waals surface area (Å²) in [6.07, 6.45) is 3.29. The summed E-state index contributed by atoms with van der Waals surface area (Å²) in [6.45, 7) is 3.80. The number of fused-ring (bicyclic) bond motifs is 2. The zero-order valence-electron chi connectivity index (χ0n) is 7.99. The van der Waals surface area contributed by atoms with E-state index in [1.54, 1.807) is 0 Å². The van der Waals surface area contributed by atoms with Gasteiger partial charge in [-0.3, -0.25) is 0 Å². The molecule has 3 rings (SSSR count). The number of rotatable bonds is 1. The van der Waals surface area contributed by atoms with Crippen LogP contribution in [0.15, 0.2) is 18.3 Å². The van der Waals surface area contributed by atoms with Gasteiger partial charge < -0.3 is 4.90 Å². The predicted molar refractivity (Wildman–Crippen MR) is 56.5 cm³/mol. The average Bonchev–Trinajstić information content (AvgIpc) is 2.80. The van der Waals surface area contributed by atoms with Crippen LogP contribution in [0.1, 0.15) is 17.9 Å². The van der Waals surface area contributed by atoms with Crippen molar-refractivity contribution in [2.45, 2.75) is 12.3 Å². The normalized spacial score (nSPS) is 35.1. The Morgan fingerprint density at radius 1 is 1.36 bits per heavy atom. The molecule has 0 radical (unpaired) electrons. The SMILES string of the molecule is Clc1ccc(C2CN3CCC2C3)cn1. The van der Waals surface area contributed by atoms with Crippen molar-refractivity contribution in [3.8, 4) is 0 Å². The molecule has 3 unspecified atom stereocenters. The minimum atomic E-state index is 0.595. The van der Waals surface area contributed by atoms with Crippen LogP contribution in [-0.2, 0) is 0 Å². The van der Waals surface area contributed by atoms with Crippen molar-refractivity contribution in [2.75, 3.05) is 19.6 Å². The highest BCUT2D eigenvalue weighted by atomic mass is 35.5. The van der Waals surface area contributed by atoms with Gasteiger partial charge in [-0.05, 0) is 30.5 Å². The molecule has 14 heavy (non-hydrogen) atoms. The standard InChI is InChI=1S/C11H13ClN2/c12-11-2-1-8(5-13-11)10-7-14-4-3-9(10)6-14/h1-2,5,9-10H,3-4,6-7H2. The number of piperidine rings is 1. The van der Waals surface area contributed by atoms with Crippen LogP contribution >= 0.6 is 11.6 Å². The number of halogens is 1. The third-order valence-electron chi connectivity index (χ3n) is 3.51. The second-order valence-corrected chi connectivity index (χ2v) is 4.72. The van der Waals surface area contributed by atoms with Gasteiger partial charge in [0.2, 0.25) is 0 Å². The molecule has 2 aliphatic heterocycles. The van der Waals surface area contributed by atoms with E-state index in [9.17, 15) is 0 Å². The minimum absolute atomic E-state index is 0.595. The van der Waals surface area contributed by atoms with Gasteiger partial charge >= 0.3 is 0 Å². The van der Waals surface area contributed by atoms with E-state index >= 15 is 0 Å². The number of nitrogens with zero attached hydrogens (tertiary/aromatic N) is 2. The van der Waals surface area contributed by atoms with Gasteiger partial charge in [-0.1, -0.05) is 17.7 Å². The van der Waals surface area contributed by atoms with E-state index in [0.717, 1.165) is 5.92 Å². The van der Waals surface area contributed by atoms with Gasteiger partial charge in [0.1, 0.15) is 5.15 Å². The summed E-state index contributed by atoms with van der Waals surface area (Å²) in [5.74, 6) is 1.56. The van der Waals surface area contributed by atoms with Crippen molar-refractivity contribution >= 4 is 11.6 Å². The molecule has 2 fully saturated rings. The van der Waals surface area contributed by atoms with Crippen LogP contribution in [0, 0.1) is 5.92 Å². The maximum absolute atomic E-state index is 5.78. The van der Waals surface area contributed by atoms with Crippen LogP contribution in [-0.4, -0.2) is 29.5 Å². The molecule has 2 nitrogen and oxygen atoms in total. The Labute approximate surface area is 88.9 Å². The van der Waals surface area contributed by atoms with Gasteiger partial charge in [-0.15, -0.1) is 0 Å². The lowest BCUT2D eigenvalue weighted by Crippen LogP contribution is -2.22. The van der Waals surface area contributed by atoms with Gasteiger partial charge in [-0.2, -0.15) is 0 Å². The monoisotopic (exact) mass is 208 g/mol. The van der Waals surface area contributed by atoms with Crippen molar-refractivity contribution in [1.82, 2.24) is 9.88 Å². The lowest BCUT2D eigenvalue weighted by atomic mass is 9.87. The number of pyridine rings is 1. The van der Waals surface area contributed by atoms with E-state index in [1.165, 1.54) is 31.6 Å². The smallest absolute Gasteiger partial charge is 0.129 e. The molecule has 2 bridgehead atoms. The fourth-order valence-electron chi connectivity index (χ4n) is 2.77. The van der Waals surface area contributed by atoms with Gasteiger partial charge in [-0.25, -0.2) is 4.98 Å². The van der Waals surface area contributed by atoms with Crippen molar-refractivity contribution in [3.63, 3.8) is 0 Å². The maximum atomic E-state index is 5.78. The lowest BCUT2D eigenvalue weighted by Gasteiger charge is -2.21. The molecular weight excluding hydrogens is 196 g/mol. The van der Waals surface area contributed by atoms with Gasteiger partial charge in [0.15, 0.2) is 0 Å². The maximum Gasteiger partial charge on any atom is 0.129 e. The molecular formula is C11H13ClN2. The molecule has 0 N–H and O–H groups in total. The lowest BCUT2D eigenvalue weighted by molar-refractivity contribution is 0.346. The highest BCUT2D eigenvalue weighted by molar-refractivity contribution is 6.29. The molecule has 3 atom stereocenters. The Morgan fingerprint density at radius 2 is 2.29 bits per heavy atom. The largest absolute Gasteiger partial charge is 0.302 e. The van der Waals surface area contributed by atoms with Crippen molar-refractivity contribution in [2.24, 2.45) is 5.92 Å². The van der Waals surface area contributed by atoms with Crippen LogP contribution < -0.4 is 0 Å². The van der Waals surface area contributed by atoms with E-state index in [4.69, 9.17) is 11.6 Å². The number of hydrogen-bond donors (Lipinski definition) is 0. The molecule has 0 saturated carbocycles. The Balaban J connectivity index is 1.86. The minimum Gasteiger partial charge on any atom is -0.302 e. The fraction of sp³-hybridized carbons (Fsp3) is 0.545. The molecule has 3 heterocycles. The van der Waals surface area contributed by atoms with Gasteiger partial charge in [0.25, 0.3) is 0 Å². The molecule has 1 aromatic heterocycles. The first-order valence-electron chi connectivity index (χ1n) is 5.17. The Morgan fingerprint density at radius 3 is 2.86 bits per heavy atom. The third-order valence-corrected chi connectivity index (χ3v) is 3.73. The summed E-state index contributed by atoms with van der Waals surface area (Å²) in [5.41, 5.74) is 1.36. The highest BCUT2D eigenvalue weighted by Gasteiger charge is 2.38. The fourth-order valence-corrected chi connectivity index (χ4v) is 2.88. The van der Waals surface area contributed by atoms with E-state index < -0.39 is 0 Å². The van der Waals surface area contributed by atoms with E-state index in [2.05, 4.69) is 16.0 Å². The van der Waals surface area contributed by atoms with E-state index in [1.807, 2.05) is 12.3 Å². The first kappa shape index (κ1) is 8.69. The van der Waals surface area contributed by atoms with E-state index in [-0.39, 0.29) is 0 Å². The molecule has 2 saturated heterocycles. The van der Waals surface area contributed by atoms with Crippen LogP contribution in [0.2, 0.25) is 5.15 Å². The zero-order chi connectivity index (χ0) is 9.54. The quantitative estimate of drug-likeness (QED) is 0.658. The zero-order valence-corrected chi connectivity index (χ0v) is 8.74. The van der Waals surface area contributed by atoms with Crippen molar-refractivity contribution in [3.05, 3.63) is 29.0 Å². The predicted octanol–water partition coefficient (Wildman–Crippen LogP) is 2.15. The second-order valence-electron chi connectivity index (χ2n) is 4.33. The third kappa shape index (κ3) is 1.33. The molecule has 2 aliphatic rings. The molecule has 0 aromatic carbocycles. The molecule has 0 aliphatic carbocycles. The summed E-state index contributed by atoms with van der Waals surface area (Å²) in [7, 11) is 0. The Bertz CT molecular complexity index is 336. The van der Waals surface area contributed by atoms with Crippen molar-refractivity contribution < 1.29 is 0 Å². The second kappa shape index (κ2) is 3.21. The van der Waals surface area contributed by atoms with Gasteiger partial charge in [0, 0.05) is 25.2 Å². The summed E-state index contributed by atoms with van der Waals surface area (Å²) in [4.78, 5) is 6.70. The molecule has 1 aromatic rings. The molecule has 3 heteroatoms. The first-order valence-corrected chi connectivity index (χ1v) is 5.54. The van der Waals surface area contributed by atoms with Crippen molar-refractivity contribution in [1.29, 1.82) is 0 Å². The van der Waals surface area contributed by atoms with E-state index in [0.29, 0.717) is 11.1 Å². The van der Waals surface area contributed by atoms with Crippen LogP contribution in [0.25, 0.3) is 0 Å². The number of aromatic nitrogens is 1. The Hall–Kier alpha value is -0.600. The highest BCUT2D eigenvalue weighted by Crippen LogP contribution is 2.39. The number of hydrogen-bond acceptors (Lipinski definition) is 2. The average molecular weight is 209 g/mol. The van der Waals surface area contributed by atoms with Gasteiger partial charge in [0.05, 0.1) is 0 Å². The first-order chi connectivity index (χ1) is 6.83.